The van der Waals surface area contributed by atoms with Crippen molar-refractivity contribution in [1.29, 1.82) is 0 Å². The van der Waals surface area contributed by atoms with Gasteiger partial charge in [-0.1, -0.05) is 18.2 Å². The molecule has 1 aromatic heterocycles. The van der Waals surface area contributed by atoms with Crippen molar-refractivity contribution in [3.05, 3.63) is 47.3 Å². The maximum Gasteiger partial charge on any atom is 0.134 e. The SMILES string of the molecule is Cc1ccccc1OC[C@@]1(O)COCCN(Cc2cn[nH]c2C)C1. The molecule has 6 nitrogen and oxygen atoms in total. The Hall–Kier alpha value is -1.89. The quantitative estimate of drug-likeness (QED) is 0.872. The van der Waals surface area contributed by atoms with Crippen molar-refractivity contribution in [2.45, 2.75) is 26.0 Å². The van der Waals surface area contributed by atoms with E-state index in [1.54, 1.807) is 0 Å². The van der Waals surface area contributed by atoms with E-state index in [0.717, 1.165) is 35.7 Å². The molecule has 1 saturated heterocycles. The molecule has 1 atom stereocenters. The summed E-state index contributed by atoms with van der Waals surface area (Å²) in [6.45, 7) is 7.10. The summed E-state index contributed by atoms with van der Waals surface area (Å²) in [6, 6.07) is 7.82. The lowest BCUT2D eigenvalue weighted by molar-refractivity contribution is -0.0647. The monoisotopic (exact) mass is 331 g/mol. The first-order valence-electron chi connectivity index (χ1n) is 8.25. The predicted octanol–water partition coefficient (Wildman–Crippen LogP) is 1.67. The van der Waals surface area contributed by atoms with E-state index < -0.39 is 5.60 Å². The van der Waals surface area contributed by atoms with Gasteiger partial charge in [-0.15, -0.1) is 0 Å². The number of hydrogen-bond donors (Lipinski definition) is 2. The Morgan fingerprint density at radius 3 is 2.96 bits per heavy atom. The molecule has 0 amide bonds. The second kappa shape index (κ2) is 7.34. The molecule has 130 valence electrons. The van der Waals surface area contributed by atoms with Crippen LogP contribution in [0, 0.1) is 13.8 Å². The fourth-order valence-electron chi connectivity index (χ4n) is 2.93. The Morgan fingerprint density at radius 2 is 2.21 bits per heavy atom. The molecule has 0 bridgehead atoms. The number of para-hydroxylation sites is 1. The molecule has 2 N–H and O–H groups in total. The van der Waals surface area contributed by atoms with Crippen molar-refractivity contribution in [2.75, 3.05) is 32.9 Å². The number of aromatic nitrogens is 2. The van der Waals surface area contributed by atoms with Gasteiger partial charge < -0.3 is 14.6 Å². The number of rotatable bonds is 5. The average molecular weight is 331 g/mol. The first-order valence-corrected chi connectivity index (χ1v) is 8.25. The summed E-state index contributed by atoms with van der Waals surface area (Å²) >= 11 is 0. The van der Waals surface area contributed by atoms with Crippen LogP contribution in [-0.4, -0.2) is 58.7 Å². The molecule has 1 aliphatic heterocycles. The average Bonchev–Trinajstić information content (AvgIpc) is 2.85. The third kappa shape index (κ3) is 4.14. The molecule has 3 rings (SSSR count). The van der Waals surface area contributed by atoms with Crippen LogP contribution >= 0.6 is 0 Å². The Kier molecular flexibility index (Phi) is 5.18. The van der Waals surface area contributed by atoms with E-state index in [4.69, 9.17) is 9.47 Å². The summed E-state index contributed by atoms with van der Waals surface area (Å²) < 4.78 is 11.5. The van der Waals surface area contributed by atoms with Crippen molar-refractivity contribution in [1.82, 2.24) is 15.1 Å². The Bertz CT molecular complexity index is 673. The summed E-state index contributed by atoms with van der Waals surface area (Å²) in [5, 5.41) is 18.0. The third-order valence-corrected chi connectivity index (χ3v) is 4.36. The van der Waals surface area contributed by atoms with Crippen LogP contribution < -0.4 is 4.74 Å². The zero-order valence-electron chi connectivity index (χ0n) is 14.3. The molecule has 0 radical (unpaired) electrons. The highest BCUT2D eigenvalue weighted by Gasteiger charge is 2.34. The molecule has 1 fully saturated rings. The smallest absolute Gasteiger partial charge is 0.134 e. The highest BCUT2D eigenvalue weighted by Crippen LogP contribution is 2.21. The van der Waals surface area contributed by atoms with E-state index in [2.05, 4.69) is 15.1 Å². The minimum absolute atomic E-state index is 0.207. The number of aliphatic hydroxyl groups is 1. The van der Waals surface area contributed by atoms with Gasteiger partial charge in [-0.25, -0.2) is 0 Å². The lowest BCUT2D eigenvalue weighted by Crippen LogP contribution is -2.48. The molecular weight excluding hydrogens is 306 g/mol. The van der Waals surface area contributed by atoms with Crippen molar-refractivity contribution >= 4 is 0 Å². The molecule has 2 aromatic rings. The zero-order chi connectivity index (χ0) is 17.0. The van der Waals surface area contributed by atoms with E-state index in [1.165, 1.54) is 0 Å². The normalized spacial score (nSPS) is 22.3. The number of H-pyrrole nitrogens is 1. The number of nitrogens with one attached hydrogen (secondary N) is 1. The molecule has 0 unspecified atom stereocenters. The van der Waals surface area contributed by atoms with Gasteiger partial charge in [-0.3, -0.25) is 10.00 Å². The Labute approximate surface area is 142 Å². The highest BCUT2D eigenvalue weighted by molar-refractivity contribution is 5.31. The molecule has 0 saturated carbocycles. The fourth-order valence-corrected chi connectivity index (χ4v) is 2.93. The maximum atomic E-state index is 11.0. The van der Waals surface area contributed by atoms with Gasteiger partial charge in [-0.05, 0) is 25.5 Å². The number of aryl methyl sites for hydroxylation is 2. The van der Waals surface area contributed by atoms with E-state index in [9.17, 15) is 5.11 Å². The number of ether oxygens (including phenoxy) is 2. The minimum atomic E-state index is -1.03. The van der Waals surface area contributed by atoms with E-state index in [0.29, 0.717) is 13.2 Å². The number of benzene rings is 1. The predicted molar refractivity (Wildman–Crippen MR) is 91.0 cm³/mol. The Morgan fingerprint density at radius 1 is 1.38 bits per heavy atom. The van der Waals surface area contributed by atoms with Gasteiger partial charge >= 0.3 is 0 Å². The zero-order valence-corrected chi connectivity index (χ0v) is 14.3. The largest absolute Gasteiger partial charge is 0.490 e. The van der Waals surface area contributed by atoms with E-state index in [1.807, 2.05) is 44.3 Å². The lowest BCUT2D eigenvalue weighted by Gasteiger charge is -2.30. The third-order valence-electron chi connectivity index (χ3n) is 4.36. The molecule has 24 heavy (non-hydrogen) atoms. The summed E-state index contributed by atoms with van der Waals surface area (Å²) in [6.07, 6.45) is 1.84. The minimum Gasteiger partial charge on any atom is -0.490 e. The summed E-state index contributed by atoms with van der Waals surface area (Å²) in [4.78, 5) is 2.19. The summed E-state index contributed by atoms with van der Waals surface area (Å²) in [5.41, 5.74) is 2.22. The van der Waals surface area contributed by atoms with Gasteiger partial charge in [0.05, 0.1) is 19.4 Å². The first kappa shape index (κ1) is 17.0. The standard InChI is InChI=1S/C18H25N3O3/c1-14-5-3-4-6-17(14)24-13-18(22)11-21(7-8-23-12-18)10-16-9-19-20-15(16)2/h3-6,9,22H,7-8,10-13H2,1-2H3,(H,19,20)/t18-/m0/s1. The summed E-state index contributed by atoms with van der Waals surface area (Å²) in [7, 11) is 0. The van der Waals surface area contributed by atoms with Gasteiger partial charge in [0.15, 0.2) is 0 Å². The molecular formula is C18H25N3O3. The van der Waals surface area contributed by atoms with Crippen molar-refractivity contribution in [3.8, 4) is 5.75 Å². The fraction of sp³-hybridized carbons (Fsp3) is 0.500. The van der Waals surface area contributed by atoms with Gasteiger partial charge in [0.2, 0.25) is 0 Å². The number of nitrogens with zero attached hydrogens (tertiary/aromatic N) is 2. The van der Waals surface area contributed by atoms with Crippen molar-refractivity contribution in [2.24, 2.45) is 0 Å². The van der Waals surface area contributed by atoms with Gasteiger partial charge in [0, 0.05) is 30.9 Å². The molecule has 1 aromatic carbocycles. The topological polar surface area (TPSA) is 70.6 Å². The lowest BCUT2D eigenvalue weighted by atomic mass is 10.1. The van der Waals surface area contributed by atoms with Crippen LogP contribution in [0.4, 0.5) is 0 Å². The first-order chi connectivity index (χ1) is 11.6. The number of β-amino-alcohol motifs (C(OH)–C–C–N with tert-alkyl or cyclic N) is 1. The molecule has 6 heteroatoms. The van der Waals surface area contributed by atoms with Gasteiger partial charge in [-0.2, -0.15) is 5.10 Å². The highest BCUT2D eigenvalue weighted by atomic mass is 16.5. The van der Waals surface area contributed by atoms with Crippen LogP contribution in [0.25, 0.3) is 0 Å². The van der Waals surface area contributed by atoms with Crippen molar-refractivity contribution < 1.29 is 14.6 Å². The second-order valence-corrected chi connectivity index (χ2v) is 6.56. The van der Waals surface area contributed by atoms with E-state index in [-0.39, 0.29) is 13.2 Å². The molecule has 0 spiro atoms. The molecule has 0 aliphatic carbocycles. The van der Waals surface area contributed by atoms with Crippen LogP contribution in [0.3, 0.4) is 0 Å². The maximum absolute atomic E-state index is 11.0. The van der Waals surface area contributed by atoms with Gasteiger partial charge in [0.1, 0.15) is 18.0 Å². The number of aromatic amines is 1. The van der Waals surface area contributed by atoms with Crippen LogP contribution in [0.5, 0.6) is 5.75 Å². The van der Waals surface area contributed by atoms with Crippen LogP contribution in [0.2, 0.25) is 0 Å². The molecule has 2 heterocycles. The van der Waals surface area contributed by atoms with Crippen molar-refractivity contribution in [3.63, 3.8) is 0 Å². The number of hydrogen-bond acceptors (Lipinski definition) is 5. The van der Waals surface area contributed by atoms with Crippen LogP contribution in [0.1, 0.15) is 16.8 Å². The second-order valence-electron chi connectivity index (χ2n) is 6.56. The molecule has 1 aliphatic rings. The summed E-state index contributed by atoms with van der Waals surface area (Å²) in [5.74, 6) is 0.799. The van der Waals surface area contributed by atoms with Crippen LogP contribution in [0.15, 0.2) is 30.5 Å². The van der Waals surface area contributed by atoms with Gasteiger partial charge in [0.25, 0.3) is 0 Å². The van der Waals surface area contributed by atoms with Crippen LogP contribution in [-0.2, 0) is 11.3 Å². The Balaban J connectivity index is 1.64. The van der Waals surface area contributed by atoms with E-state index >= 15 is 0 Å².